The number of halogens is 1. The zero-order valence-corrected chi connectivity index (χ0v) is 11.8. The summed E-state index contributed by atoms with van der Waals surface area (Å²) in [4.78, 5) is 0. The molecule has 0 aromatic heterocycles. The van der Waals surface area contributed by atoms with Crippen molar-refractivity contribution >= 4 is 15.9 Å². The smallest absolute Gasteiger partial charge is 0.134 e. The Kier molecular flexibility index (Phi) is 4.41. The summed E-state index contributed by atoms with van der Waals surface area (Å²) >= 11 is 3.25. The molecule has 0 aliphatic heterocycles. The SMILES string of the molecule is COc1cc(Br)c(O)c([C@@H](N)C(C)(C)CO)c1. The van der Waals surface area contributed by atoms with Gasteiger partial charge in [-0.05, 0) is 28.1 Å². The Balaban J connectivity index is 3.25. The number of aliphatic hydroxyl groups excluding tert-OH is 1. The van der Waals surface area contributed by atoms with Crippen LogP contribution < -0.4 is 10.5 Å². The van der Waals surface area contributed by atoms with Crippen molar-refractivity contribution in [3.05, 3.63) is 22.2 Å². The van der Waals surface area contributed by atoms with Gasteiger partial charge in [0.2, 0.25) is 0 Å². The minimum absolute atomic E-state index is 0.0670. The first-order chi connectivity index (χ1) is 7.83. The molecule has 4 N–H and O–H groups in total. The van der Waals surface area contributed by atoms with Crippen molar-refractivity contribution in [1.82, 2.24) is 0 Å². The number of rotatable bonds is 4. The predicted octanol–water partition coefficient (Wildman–Crippen LogP) is 2.18. The third kappa shape index (κ3) is 2.91. The van der Waals surface area contributed by atoms with Crippen LogP contribution >= 0.6 is 15.9 Å². The monoisotopic (exact) mass is 303 g/mol. The summed E-state index contributed by atoms with van der Waals surface area (Å²) in [5.41, 5.74) is 6.11. The number of hydrogen-bond acceptors (Lipinski definition) is 4. The van der Waals surface area contributed by atoms with Crippen LogP contribution in [0, 0.1) is 5.41 Å². The normalized spacial score (nSPS) is 13.5. The van der Waals surface area contributed by atoms with Gasteiger partial charge >= 0.3 is 0 Å². The summed E-state index contributed by atoms with van der Waals surface area (Å²) in [6, 6.07) is 2.86. The fourth-order valence-corrected chi connectivity index (χ4v) is 1.92. The number of ether oxygens (including phenoxy) is 1. The van der Waals surface area contributed by atoms with E-state index in [9.17, 15) is 10.2 Å². The molecular formula is C12H18BrNO3. The molecule has 0 bridgehead atoms. The van der Waals surface area contributed by atoms with Crippen LogP contribution in [0.2, 0.25) is 0 Å². The number of phenolic OH excluding ortho intramolecular Hbond substituents is 1. The lowest BCUT2D eigenvalue weighted by Gasteiger charge is -2.30. The Hall–Kier alpha value is -0.780. The average Bonchev–Trinajstić information content (AvgIpc) is 2.31. The molecule has 17 heavy (non-hydrogen) atoms. The maximum Gasteiger partial charge on any atom is 0.134 e. The van der Waals surface area contributed by atoms with E-state index < -0.39 is 11.5 Å². The standard InChI is InChI=1S/C12H18BrNO3/c1-12(2,6-15)11(14)8-4-7(17-3)5-9(13)10(8)16/h4-5,11,15-16H,6,14H2,1-3H3/t11-/m1/s1. The number of aromatic hydroxyl groups is 1. The number of aliphatic hydroxyl groups is 1. The maximum atomic E-state index is 9.98. The molecule has 0 heterocycles. The summed E-state index contributed by atoms with van der Waals surface area (Å²) in [6.45, 7) is 3.61. The number of benzene rings is 1. The lowest BCUT2D eigenvalue weighted by Crippen LogP contribution is -2.32. The Bertz CT molecular complexity index is 407. The predicted molar refractivity (Wildman–Crippen MR) is 70.2 cm³/mol. The van der Waals surface area contributed by atoms with Gasteiger partial charge in [-0.25, -0.2) is 0 Å². The molecule has 1 atom stereocenters. The van der Waals surface area contributed by atoms with Gasteiger partial charge in [-0.2, -0.15) is 0 Å². The second-order valence-electron chi connectivity index (χ2n) is 4.67. The first kappa shape index (κ1) is 14.3. The van der Waals surface area contributed by atoms with Crippen molar-refractivity contribution in [2.75, 3.05) is 13.7 Å². The van der Waals surface area contributed by atoms with E-state index in [0.717, 1.165) is 0 Å². The number of hydrogen-bond donors (Lipinski definition) is 3. The minimum Gasteiger partial charge on any atom is -0.506 e. The highest BCUT2D eigenvalue weighted by molar-refractivity contribution is 9.10. The molecular weight excluding hydrogens is 286 g/mol. The molecule has 4 nitrogen and oxygen atoms in total. The maximum absolute atomic E-state index is 9.98. The van der Waals surface area contributed by atoms with Crippen LogP contribution in [0.15, 0.2) is 16.6 Å². The van der Waals surface area contributed by atoms with Crippen LogP contribution in [0.1, 0.15) is 25.5 Å². The van der Waals surface area contributed by atoms with E-state index in [4.69, 9.17) is 10.5 Å². The van der Waals surface area contributed by atoms with Gasteiger partial charge in [0.05, 0.1) is 11.6 Å². The van der Waals surface area contributed by atoms with Crippen LogP contribution in [-0.4, -0.2) is 23.9 Å². The van der Waals surface area contributed by atoms with E-state index in [2.05, 4.69) is 15.9 Å². The number of phenols is 1. The van der Waals surface area contributed by atoms with Gasteiger partial charge in [0, 0.05) is 23.6 Å². The summed E-state index contributed by atoms with van der Waals surface area (Å²) in [5.74, 6) is 0.689. The quantitative estimate of drug-likeness (QED) is 0.797. The largest absolute Gasteiger partial charge is 0.506 e. The third-order valence-electron chi connectivity index (χ3n) is 2.89. The van der Waals surface area contributed by atoms with Crippen molar-refractivity contribution in [2.45, 2.75) is 19.9 Å². The van der Waals surface area contributed by atoms with Crippen molar-refractivity contribution in [3.63, 3.8) is 0 Å². The van der Waals surface area contributed by atoms with Crippen LogP contribution in [-0.2, 0) is 0 Å². The van der Waals surface area contributed by atoms with Crippen LogP contribution in [0.3, 0.4) is 0 Å². The Morgan fingerprint density at radius 2 is 2.06 bits per heavy atom. The number of methoxy groups -OCH3 is 1. The van der Waals surface area contributed by atoms with Crippen molar-refractivity contribution < 1.29 is 14.9 Å². The lowest BCUT2D eigenvalue weighted by atomic mass is 9.81. The molecule has 5 heteroatoms. The summed E-state index contributed by atoms with van der Waals surface area (Å²) in [6.07, 6.45) is 0. The van der Waals surface area contributed by atoms with E-state index in [1.807, 2.05) is 13.8 Å². The second-order valence-corrected chi connectivity index (χ2v) is 5.53. The van der Waals surface area contributed by atoms with Gasteiger partial charge in [0.25, 0.3) is 0 Å². The summed E-state index contributed by atoms with van der Waals surface area (Å²) in [7, 11) is 1.55. The molecule has 1 aromatic rings. The lowest BCUT2D eigenvalue weighted by molar-refractivity contribution is 0.131. The molecule has 0 aliphatic rings. The molecule has 1 rings (SSSR count). The third-order valence-corrected chi connectivity index (χ3v) is 3.49. The van der Waals surface area contributed by atoms with E-state index in [1.165, 1.54) is 0 Å². The molecule has 0 fully saturated rings. The molecule has 0 unspecified atom stereocenters. The van der Waals surface area contributed by atoms with E-state index >= 15 is 0 Å². The zero-order chi connectivity index (χ0) is 13.2. The second kappa shape index (κ2) is 5.25. The molecule has 0 saturated carbocycles. The topological polar surface area (TPSA) is 75.7 Å². The molecule has 0 saturated heterocycles. The van der Waals surface area contributed by atoms with Crippen LogP contribution in [0.5, 0.6) is 11.5 Å². The van der Waals surface area contributed by atoms with Gasteiger partial charge in [0.15, 0.2) is 0 Å². The Morgan fingerprint density at radius 3 is 2.53 bits per heavy atom. The molecule has 0 aliphatic carbocycles. The fourth-order valence-electron chi connectivity index (χ4n) is 1.47. The van der Waals surface area contributed by atoms with Gasteiger partial charge in [-0.15, -0.1) is 0 Å². The van der Waals surface area contributed by atoms with Gasteiger partial charge < -0.3 is 20.7 Å². The highest BCUT2D eigenvalue weighted by atomic mass is 79.9. The average molecular weight is 304 g/mol. The van der Waals surface area contributed by atoms with Gasteiger partial charge in [-0.3, -0.25) is 0 Å². The van der Waals surface area contributed by atoms with Crippen molar-refractivity contribution in [2.24, 2.45) is 11.1 Å². The van der Waals surface area contributed by atoms with E-state index in [1.54, 1.807) is 19.2 Å². The molecule has 0 radical (unpaired) electrons. The summed E-state index contributed by atoms with van der Waals surface area (Å²) < 4.78 is 5.65. The molecule has 1 aromatic carbocycles. The van der Waals surface area contributed by atoms with Crippen LogP contribution in [0.25, 0.3) is 0 Å². The van der Waals surface area contributed by atoms with E-state index in [-0.39, 0.29) is 12.4 Å². The van der Waals surface area contributed by atoms with Crippen LogP contribution in [0.4, 0.5) is 0 Å². The first-order valence-electron chi connectivity index (χ1n) is 5.26. The zero-order valence-electron chi connectivity index (χ0n) is 10.2. The number of nitrogens with two attached hydrogens (primary N) is 1. The molecule has 96 valence electrons. The highest BCUT2D eigenvalue weighted by Crippen LogP contribution is 2.41. The van der Waals surface area contributed by atoms with Crippen molar-refractivity contribution in [3.8, 4) is 11.5 Å². The van der Waals surface area contributed by atoms with Gasteiger partial charge in [-0.1, -0.05) is 13.8 Å². The molecule has 0 amide bonds. The first-order valence-corrected chi connectivity index (χ1v) is 6.05. The minimum atomic E-state index is -0.525. The molecule has 0 spiro atoms. The highest BCUT2D eigenvalue weighted by Gasteiger charge is 2.30. The van der Waals surface area contributed by atoms with E-state index in [0.29, 0.717) is 15.8 Å². The van der Waals surface area contributed by atoms with Gasteiger partial charge in [0.1, 0.15) is 11.5 Å². The Morgan fingerprint density at radius 1 is 1.47 bits per heavy atom. The summed E-state index contributed by atoms with van der Waals surface area (Å²) in [5, 5.41) is 19.3. The Labute approximate surface area is 110 Å². The fraction of sp³-hybridized carbons (Fsp3) is 0.500. The van der Waals surface area contributed by atoms with Crippen molar-refractivity contribution in [1.29, 1.82) is 0 Å².